The Kier molecular flexibility index (Phi) is 2.83. The Morgan fingerprint density at radius 2 is 2.21 bits per heavy atom. The number of rotatable bonds is 3. The number of nitrogens with two attached hydrogens (primary N) is 1. The van der Waals surface area contributed by atoms with Crippen molar-refractivity contribution in [3.05, 3.63) is 36.0 Å². The predicted molar refractivity (Wildman–Crippen MR) is 73.7 cm³/mol. The van der Waals surface area contributed by atoms with Crippen LogP contribution in [-0.2, 0) is 13.5 Å². The van der Waals surface area contributed by atoms with Crippen molar-refractivity contribution < 1.29 is 4.42 Å². The largest absolute Gasteiger partial charge is 0.441 e. The monoisotopic (exact) mass is 256 g/mol. The lowest BCUT2D eigenvalue weighted by Crippen LogP contribution is -2.04. The summed E-state index contributed by atoms with van der Waals surface area (Å²) >= 11 is 0. The van der Waals surface area contributed by atoms with Crippen LogP contribution in [0.2, 0.25) is 0 Å². The van der Waals surface area contributed by atoms with Gasteiger partial charge in [0.15, 0.2) is 11.5 Å². The van der Waals surface area contributed by atoms with E-state index in [9.17, 15) is 0 Å². The van der Waals surface area contributed by atoms with Crippen molar-refractivity contribution in [1.82, 2.24) is 14.8 Å². The number of hydrogen-bond donors (Lipinski definition) is 1. The standard InChI is InChI=1S/C14H16N4O/c1-9-16-13-7-10(3-4-14(13)19-9)11-8-18(2)17-12(11)5-6-15/h3-4,7-8H,5-6,15H2,1-2H3. The number of aromatic nitrogens is 3. The summed E-state index contributed by atoms with van der Waals surface area (Å²) in [5.74, 6) is 0.681. The molecule has 0 fully saturated rings. The molecule has 19 heavy (non-hydrogen) atoms. The van der Waals surface area contributed by atoms with Crippen molar-refractivity contribution in [1.29, 1.82) is 0 Å². The molecular formula is C14H16N4O. The van der Waals surface area contributed by atoms with Crippen molar-refractivity contribution in [2.24, 2.45) is 12.8 Å². The highest BCUT2D eigenvalue weighted by Crippen LogP contribution is 2.27. The summed E-state index contributed by atoms with van der Waals surface area (Å²) in [6.07, 6.45) is 2.78. The molecular weight excluding hydrogens is 240 g/mol. The highest BCUT2D eigenvalue weighted by Gasteiger charge is 2.11. The number of benzene rings is 1. The molecule has 0 spiro atoms. The maximum absolute atomic E-state index is 5.63. The van der Waals surface area contributed by atoms with E-state index in [1.54, 1.807) is 0 Å². The summed E-state index contributed by atoms with van der Waals surface area (Å²) < 4.78 is 7.31. The maximum atomic E-state index is 5.63. The van der Waals surface area contributed by atoms with Gasteiger partial charge >= 0.3 is 0 Å². The number of hydrogen-bond acceptors (Lipinski definition) is 4. The molecule has 0 aliphatic heterocycles. The van der Waals surface area contributed by atoms with Gasteiger partial charge in [-0.25, -0.2) is 4.98 Å². The fraction of sp³-hybridized carbons (Fsp3) is 0.286. The molecule has 0 aliphatic rings. The van der Waals surface area contributed by atoms with Crippen LogP contribution < -0.4 is 5.73 Å². The molecule has 1 aromatic carbocycles. The first kappa shape index (κ1) is 11.9. The summed E-state index contributed by atoms with van der Waals surface area (Å²) in [5, 5.41) is 4.45. The van der Waals surface area contributed by atoms with Crippen LogP contribution in [0.15, 0.2) is 28.8 Å². The van der Waals surface area contributed by atoms with Crippen LogP contribution in [0.1, 0.15) is 11.6 Å². The van der Waals surface area contributed by atoms with Gasteiger partial charge in [-0.3, -0.25) is 4.68 Å². The van der Waals surface area contributed by atoms with E-state index in [-0.39, 0.29) is 0 Å². The molecule has 5 nitrogen and oxygen atoms in total. The average Bonchev–Trinajstić information content (AvgIpc) is 2.90. The van der Waals surface area contributed by atoms with E-state index in [4.69, 9.17) is 10.2 Å². The van der Waals surface area contributed by atoms with E-state index in [1.165, 1.54) is 0 Å². The summed E-state index contributed by atoms with van der Waals surface area (Å²) in [4.78, 5) is 4.36. The molecule has 3 aromatic rings. The zero-order valence-electron chi connectivity index (χ0n) is 11.1. The van der Waals surface area contributed by atoms with Gasteiger partial charge in [-0.2, -0.15) is 5.10 Å². The van der Waals surface area contributed by atoms with Crippen molar-refractivity contribution in [3.8, 4) is 11.1 Å². The Balaban J connectivity index is 2.12. The summed E-state index contributed by atoms with van der Waals surface area (Å²) in [5.41, 5.74) is 10.5. The van der Waals surface area contributed by atoms with Crippen LogP contribution in [0.3, 0.4) is 0 Å². The topological polar surface area (TPSA) is 69.9 Å². The number of fused-ring (bicyclic) bond motifs is 1. The molecule has 0 unspecified atom stereocenters. The van der Waals surface area contributed by atoms with Gasteiger partial charge in [0.1, 0.15) is 5.52 Å². The quantitative estimate of drug-likeness (QED) is 0.778. The first-order chi connectivity index (χ1) is 9.17. The molecule has 0 atom stereocenters. The third kappa shape index (κ3) is 2.13. The lowest BCUT2D eigenvalue weighted by atomic mass is 10.0. The van der Waals surface area contributed by atoms with Gasteiger partial charge in [-0.15, -0.1) is 0 Å². The van der Waals surface area contributed by atoms with E-state index in [1.807, 2.05) is 43.0 Å². The molecule has 0 bridgehead atoms. The Morgan fingerprint density at radius 3 is 3.00 bits per heavy atom. The predicted octanol–water partition coefficient (Wildman–Crippen LogP) is 2.04. The molecule has 98 valence electrons. The van der Waals surface area contributed by atoms with Crippen LogP contribution in [-0.4, -0.2) is 21.3 Å². The molecule has 2 heterocycles. The first-order valence-corrected chi connectivity index (χ1v) is 6.27. The SMILES string of the molecule is Cc1nc2cc(-c3cn(C)nc3CCN)ccc2o1. The second-order valence-electron chi connectivity index (χ2n) is 4.62. The summed E-state index contributed by atoms with van der Waals surface area (Å²) in [7, 11) is 1.92. The lowest BCUT2D eigenvalue weighted by molar-refractivity contribution is 0.561. The van der Waals surface area contributed by atoms with Gasteiger partial charge in [0.2, 0.25) is 0 Å². The van der Waals surface area contributed by atoms with Crippen molar-refractivity contribution in [2.75, 3.05) is 6.54 Å². The molecule has 0 saturated heterocycles. The number of nitrogens with zero attached hydrogens (tertiary/aromatic N) is 3. The minimum absolute atomic E-state index is 0.593. The normalized spacial score (nSPS) is 11.3. The highest BCUT2D eigenvalue weighted by molar-refractivity contribution is 5.80. The maximum Gasteiger partial charge on any atom is 0.192 e. The van der Waals surface area contributed by atoms with Gasteiger partial charge in [0.05, 0.1) is 5.69 Å². The Morgan fingerprint density at radius 1 is 1.37 bits per heavy atom. The zero-order chi connectivity index (χ0) is 13.4. The van der Waals surface area contributed by atoms with Crippen LogP contribution in [0.25, 0.3) is 22.2 Å². The highest BCUT2D eigenvalue weighted by atomic mass is 16.3. The van der Waals surface area contributed by atoms with Gasteiger partial charge in [0, 0.05) is 32.2 Å². The van der Waals surface area contributed by atoms with Gasteiger partial charge in [-0.1, -0.05) is 6.07 Å². The van der Waals surface area contributed by atoms with Crippen LogP contribution in [0.5, 0.6) is 0 Å². The number of oxazole rings is 1. The molecule has 2 N–H and O–H groups in total. The summed E-state index contributed by atoms with van der Waals surface area (Å²) in [6, 6.07) is 6.01. The molecule has 0 aliphatic carbocycles. The van der Waals surface area contributed by atoms with E-state index in [2.05, 4.69) is 10.1 Å². The molecule has 2 aromatic heterocycles. The third-order valence-corrected chi connectivity index (χ3v) is 3.09. The second kappa shape index (κ2) is 4.51. The van der Waals surface area contributed by atoms with E-state index < -0.39 is 0 Å². The molecule has 0 radical (unpaired) electrons. The Bertz CT molecular complexity index is 726. The van der Waals surface area contributed by atoms with Gasteiger partial charge in [-0.05, 0) is 24.2 Å². The van der Waals surface area contributed by atoms with Crippen molar-refractivity contribution in [2.45, 2.75) is 13.3 Å². The zero-order valence-corrected chi connectivity index (χ0v) is 11.1. The lowest BCUT2D eigenvalue weighted by Gasteiger charge is -2.00. The van der Waals surface area contributed by atoms with Crippen LogP contribution in [0.4, 0.5) is 0 Å². The van der Waals surface area contributed by atoms with Gasteiger partial charge < -0.3 is 10.2 Å². The van der Waals surface area contributed by atoms with Crippen LogP contribution >= 0.6 is 0 Å². The molecule has 0 amide bonds. The van der Waals surface area contributed by atoms with Gasteiger partial charge in [0.25, 0.3) is 0 Å². The molecule has 0 saturated carbocycles. The van der Waals surface area contributed by atoms with E-state index in [0.717, 1.165) is 34.3 Å². The average molecular weight is 256 g/mol. The fourth-order valence-corrected chi connectivity index (χ4v) is 2.31. The van der Waals surface area contributed by atoms with E-state index >= 15 is 0 Å². The molecule has 3 rings (SSSR count). The van der Waals surface area contributed by atoms with Crippen LogP contribution in [0, 0.1) is 6.92 Å². The minimum atomic E-state index is 0.593. The fourth-order valence-electron chi connectivity index (χ4n) is 2.31. The first-order valence-electron chi connectivity index (χ1n) is 6.27. The molecule has 5 heteroatoms. The van der Waals surface area contributed by atoms with Crippen molar-refractivity contribution >= 4 is 11.1 Å². The Hall–Kier alpha value is -2.14. The van der Waals surface area contributed by atoms with E-state index in [0.29, 0.717) is 12.4 Å². The van der Waals surface area contributed by atoms with Crippen molar-refractivity contribution in [3.63, 3.8) is 0 Å². The smallest absolute Gasteiger partial charge is 0.192 e. The number of aryl methyl sites for hydroxylation is 2. The second-order valence-corrected chi connectivity index (χ2v) is 4.62. The summed E-state index contributed by atoms with van der Waals surface area (Å²) in [6.45, 7) is 2.44. The minimum Gasteiger partial charge on any atom is -0.441 e. The third-order valence-electron chi connectivity index (χ3n) is 3.09. The Labute approximate surface area is 111 Å².